The molecule has 1 atom stereocenters. The molecule has 11 nitrogen and oxygen atoms in total. The Hall–Kier alpha value is -3.38. The van der Waals surface area contributed by atoms with Crippen molar-refractivity contribution in [3.05, 3.63) is 52.6 Å². The number of halogens is 1. The second-order valence-electron chi connectivity index (χ2n) is 11.1. The quantitative estimate of drug-likeness (QED) is 0.586. The lowest BCUT2D eigenvalue weighted by molar-refractivity contribution is -0.116. The average molecular weight is 569 g/mol. The van der Waals surface area contributed by atoms with Crippen molar-refractivity contribution in [3.8, 4) is 0 Å². The second kappa shape index (κ2) is 9.67. The van der Waals surface area contributed by atoms with Crippen molar-refractivity contribution in [1.82, 2.24) is 30.0 Å². The van der Waals surface area contributed by atoms with Crippen LogP contribution in [0.1, 0.15) is 45.3 Å². The third-order valence-corrected chi connectivity index (χ3v) is 8.79. The van der Waals surface area contributed by atoms with Crippen molar-refractivity contribution >= 4 is 47.0 Å². The van der Waals surface area contributed by atoms with Crippen LogP contribution in [0.25, 0.3) is 0 Å². The number of aliphatic imine (C=N–C) groups is 1. The van der Waals surface area contributed by atoms with E-state index < -0.39 is 11.7 Å². The van der Waals surface area contributed by atoms with Gasteiger partial charge in [0.2, 0.25) is 0 Å². The molecule has 0 saturated carbocycles. The lowest BCUT2D eigenvalue weighted by Gasteiger charge is -2.43. The van der Waals surface area contributed by atoms with E-state index in [2.05, 4.69) is 30.3 Å². The monoisotopic (exact) mass is 568 g/mol. The maximum Gasteiger partial charge on any atom is 0.408 e. The topological polar surface area (TPSA) is 118 Å². The Balaban J connectivity index is 1.12. The smallest absolute Gasteiger partial charge is 0.408 e. The highest BCUT2D eigenvalue weighted by molar-refractivity contribution is 8.03. The first kappa shape index (κ1) is 25.9. The number of aromatic nitrogens is 4. The summed E-state index contributed by atoms with van der Waals surface area (Å²) in [4.78, 5) is 42.3. The standard InChI is InChI=1S/C26H29ClN8O3S/c1-25(2,3)38-24(37)32-22-16-4-8-30-35(16)15-26(22)6-10-33(11-7-26)18-12-29-20(13-28-18)39-17-5-9-34-14-19(36)31-23(34)21(17)27/h4-5,8-9,12-13,22H,6-7,10-11,14-15H2,1-3H3,(H,32,37)/t22-/m1/s1. The van der Waals surface area contributed by atoms with E-state index >= 15 is 0 Å². The summed E-state index contributed by atoms with van der Waals surface area (Å²) < 4.78 is 7.56. The summed E-state index contributed by atoms with van der Waals surface area (Å²) in [6, 6.07) is 1.81. The molecule has 1 fully saturated rings. The van der Waals surface area contributed by atoms with Crippen LogP contribution in [0.5, 0.6) is 0 Å². The van der Waals surface area contributed by atoms with E-state index in [-0.39, 0.29) is 23.9 Å². The fraction of sp³-hybridized carbons (Fsp3) is 0.462. The molecule has 1 N–H and O–H groups in total. The molecule has 2 amide bonds. The van der Waals surface area contributed by atoms with Gasteiger partial charge in [-0.25, -0.2) is 14.8 Å². The zero-order valence-corrected chi connectivity index (χ0v) is 23.5. The van der Waals surface area contributed by atoms with Crippen molar-refractivity contribution in [2.45, 2.75) is 56.8 Å². The van der Waals surface area contributed by atoms with E-state index in [4.69, 9.17) is 16.3 Å². The Bertz CT molecular complexity index is 1400. The number of hydrogen-bond donors (Lipinski definition) is 1. The van der Waals surface area contributed by atoms with Gasteiger partial charge >= 0.3 is 6.09 Å². The van der Waals surface area contributed by atoms with Gasteiger partial charge in [-0.1, -0.05) is 23.4 Å². The molecule has 39 heavy (non-hydrogen) atoms. The predicted molar refractivity (Wildman–Crippen MR) is 147 cm³/mol. The molecule has 0 unspecified atom stereocenters. The summed E-state index contributed by atoms with van der Waals surface area (Å²) in [5.74, 6) is 1.07. The molecule has 1 saturated heterocycles. The largest absolute Gasteiger partial charge is 0.444 e. The van der Waals surface area contributed by atoms with E-state index in [9.17, 15) is 9.59 Å². The fourth-order valence-electron chi connectivity index (χ4n) is 5.50. The minimum Gasteiger partial charge on any atom is -0.444 e. The van der Waals surface area contributed by atoms with Gasteiger partial charge in [0, 0.05) is 42.4 Å². The normalized spacial score (nSPS) is 21.8. The molecule has 4 aliphatic heterocycles. The van der Waals surface area contributed by atoms with Crippen molar-refractivity contribution in [2.75, 3.05) is 24.5 Å². The van der Waals surface area contributed by atoms with Crippen LogP contribution >= 0.6 is 23.4 Å². The predicted octanol–water partition coefficient (Wildman–Crippen LogP) is 3.85. The van der Waals surface area contributed by atoms with E-state index in [0.29, 0.717) is 15.9 Å². The lowest BCUT2D eigenvalue weighted by Crippen LogP contribution is -2.48. The molecule has 0 aliphatic carbocycles. The Morgan fingerprint density at radius 3 is 2.74 bits per heavy atom. The van der Waals surface area contributed by atoms with Gasteiger partial charge in [0.15, 0.2) is 5.84 Å². The Morgan fingerprint density at radius 1 is 1.23 bits per heavy atom. The van der Waals surface area contributed by atoms with Gasteiger partial charge in [0.1, 0.15) is 23.0 Å². The number of amidine groups is 1. The Labute approximate surface area is 235 Å². The number of nitrogens with zero attached hydrogens (tertiary/aromatic N) is 7. The number of carbonyl (C=O) groups is 2. The van der Waals surface area contributed by atoms with Crippen LogP contribution in [0.3, 0.4) is 0 Å². The van der Waals surface area contributed by atoms with Gasteiger partial charge in [0.25, 0.3) is 5.91 Å². The first-order valence-electron chi connectivity index (χ1n) is 12.8. The molecule has 204 valence electrons. The van der Waals surface area contributed by atoms with Crippen LogP contribution in [0, 0.1) is 5.41 Å². The molecule has 6 rings (SSSR count). The highest BCUT2D eigenvalue weighted by Crippen LogP contribution is 2.49. The number of hydrogen-bond acceptors (Lipinski definition) is 9. The third-order valence-electron chi connectivity index (χ3n) is 7.32. The lowest BCUT2D eigenvalue weighted by atomic mass is 9.73. The van der Waals surface area contributed by atoms with Gasteiger partial charge in [0.05, 0.1) is 29.2 Å². The second-order valence-corrected chi connectivity index (χ2v) is 12.5. The number of piperidine rings is 1. The molecule has 0 aromatic carbocycles. The summed E-state index contributed by atoms with van der Waals surface area (Å²) >= 11 is 7.88. The average Bonchev–Trinajstić information content (AvgIpc) is 3.56. The SMILES string of the molecule is CC(C)(C)OC(=O)N[C@@H]1c2ccnn2CC12CCN(c1cnc(SC3=C(Cl)C4=NC(=O)CN4C=C3)cn1)CC2. The molecule has 2 aromatic rings. The molecule has 6 heterocycles. The maximum absolute atomic E-state index is 12.7. The van der Waals surface area contributed by atoms with Crippen LogP contribution in [0.2, 0.25) is 0 Å². The number of rotatable bonds is 4. The molecule has 2 aromatic heterocycles. The van der Waals surface area contributed by atoms with E-state index in [1.165, 1.54) is 11.8 Å². The number of nitrogens with one attached hydrogen (secondary N) is 1. The zero-order chi connectivity index (χ0) is 27.4. The minimum atomic E-state index is -0.568. The fourth-order valence-corrected chi connectivity index (χ4v) is 6.57. The molecule has 0 bridgehead atoms. The van der Waals surface area contributed by atoms with Crippen molar-refractivity contribution < 1.29 is 14.3 Å². The molecule has 4 aliphatic rings. The van der Waals surface area contributed by atoms with E-state index in [1.54, 1.807) is 23.5 Å². The van der Waals surface area contributed by atoms with Crippen molar-refractivity contribution in [3.63, 3.8) is 0 Å². The van der Waals surface area contributed by atoms with E-state index in [1.807, 2.05) is 43.8 Å². The van der Waals surface area contributed by atoms with Crippen LogP contribution < -0.4 is 10.2 Å². The molecular weight excluding hydrogens is 540 g/mol. The molecule has 13 heteroatoms. The first-order valence-corrected chi connectivity index (χ1v) is 14.0. The van der Waals surface area contributed by atoms with E-state index in [0.717, 1.165) is 48.9 Å². The van der Waals surface area contributed by atoms with Gasteiger partial charge in [-0.15, -0.1) is 0 Å². The third kappa shape index (κ3) is 5.03. The number of anilines is 1. The maximum atomic E-state index is 12.7. The summed E-state index contributed by atoms with van der Waals surface area (Å²) in [5.41, 5.74) is 0.299. The van der Waals surface area contributed by atoms with Gasteiger partial charge in [-0.2, -0.15) is 10.1 Å². The van der Waals surface area contributed by atoms with Crippen LogP contribution in [-0.2, 0) is 16.1 Å². The molecule has 0 radical (unpaired) electrons. The number of fused-ring (bicyclic) bond motifs is 2. The number of allylic oxidation sites excluding steroid dienone is 1. The number of amides is 2. The van der Waals surface area contributed by atoms with Crippen molar-refractivity contribution in [1.29, 1.82) is 0 Å². The number of alkyl carbamates (subject to hydrolysis) is 1. The van der Waals surface area contributed by atoms with Crippen molar-refractivity contribution in [2.24, 2.45) is 10.4 Å². The Kier molecular flexibility index (Phi) is 6.41. The highest BCUT2D eigenvalue weighted by Gasteiger charge is 2.50. The summed E-state index contributed by atoms with van der Waals surface area (Å²) in [6.07, 6.45) is 10.3. The van der Waals surface area contributed by atoms with Gasteiger partial charge < -0.3 is 19.9 Å². The van der Waals surface area contributed by atoms with Crippen LogP contribution in [0.15, 0.2) is 56.9 Å². The van der Waals surface area contributed by atoms with Gasteiger partial charge in [-0.3, -0.25) is 9.48 Å². The number of thioether (sulfide) groups is 1. The Morgan fingerprint density at radius 2 is 2.03 bits per heavy atom. The van der Waals surface area contributed by atoms with Crippen LogP contribution in [-0.4, -0.2) is 67.7 Å². The summed E-state index contributed by atoms with van der Waals surface area (Å²) in [6.45, 7) is 8.12. The summed E-state index contributed by atoms with van der Waals surface area (Å²) in [7, 11) is 0. The first-order chi connectivity index (χ1) is 18.6. The number of ether oxygens (including phenoxy) is 1. The number of carbonyl (C=O) groups excluding carboxylic acids is 2. The zero-order valence-electron chi connectivity index (χ0n) is 21.9. The summed E-state index contributed by atoms with van der Waals surface area (Å²) in [5, 5.41) is 8.76. The molecule has 1 spiro atoms. The van der Waals surface area contributed by atoms with Gasteiger partial charge in [-0.05, 0) is 45.8 Å². The minimum absolute atomic E-state index is 0.144. The molecular formula is C26H29ClN8O3S. The van der Waals surface area contributed by atoms with Crippen LogP contribution in [0.4, 0.5) is 10.6 Å². The highest BCUT2D eigenvalue weighted by atomic mass is 35.5.